The number of hydrogen-bond donors (Lipinski definition) is 3. The zero-order valence-corrected chi connectivity index (χ0v) is 24.8. The summed E-state index contributed by atoms with van der Waals surface area (Å²) in [4.78, 5) is 27.8. The topological polar surface area (TPSA) is 109 Å². The molecule has 1 aliphatic rings. The fraction of sp³-hybridized carbons (Fsp3) is 0.394. The largest absolute Gasteiger partial charge is 0.497 e. The van der Waals surface area contributed by atoms with E-state index < -0.39 is 12.1 Å². The normalized spacial score (nSPS) is 14.5. The highest BCUT2D eigenvalue weighted by Gasteiger charge is 2.26. The van der Waals surface area contributed by atoms with Gasteiger partial charge in [-0.2, -0.15) is 0 Å². The Morgan fingerprint density at radius 3 is 2.29 bits per heavy atom. The summed E-state index contributed by atoms with van der Waals surface area (Å²) in [6.07, 6.45) is 0.695. The Morgan fingerprint density at radius 2 is 1.67 bits per heavy atom. The van der Waals surface area contributed by atoms with Gasteiger partial charge in [-0.05, 0) is 62.1 Å². The van der Waals surface area contributed by atoms with E-state index >= 15 is 0 Å². The maximum absolute atomic E-state index is 13.6. The third-order valence-electron chi connectivity index (χ3n) is 7.08. The minimum Gasteiger partial charge on any atom is -0.497 e. The summed E-state index contributed by atoms with van der Waals surface area (Å²) >= 11 is 0. The maximum atomic E-state index is 13.6. The van der Waals surface area contributed by atoms with E-state index in [9.17, 15) is 14.7 Å². The lowest BCUT2D eigenvalue weighted by Gasteiger charge is -2.26. The number of rotatable bonds is 14. The lowest BCUT2D eigenvalue weighted by Crippen LogP contribution is -2.48. The molecule has 1 heterocycles. The molecule has 0 aliphatic carbocycles. The van der Waals surface area contributed by atoms with Gasteiger partial charge in [-0.15, -0.1) is 0 Å². The van der Waals surface area contributed by atoms with Gasteiger partial charge in [0.2, 0.25) is 5.91 Å². The zero-order valence-electron chi connectivity index (χ0n) is 24.8. The molecule has 9 heteroatoms. The van der Waals surface area contributed by atoms with E-state index in [1.807, 2.05) is 56.3 Å². The lowest BCUT2D eigenvalue weighted by molar-refractivity contribution is -0.117. The number of carbonyl (C=O) groups is 2. The van der Waals surface area contributed by atoms with Crippen molar-refractivity contribution >= 4 is 17.5 Å². The summed E-state index contributed by atoms with van der Waals surface area (Å²) < 4.78 is 16.6. The number of hydrogen-bond acceptors (Lipinski definition) is 7. The van der Waals surface area contributed by atoms with E-state index in [1.165, 1.54) is 0 Å². The highest BCUT2D eigenvalue weighted by atomic mass is 16.5. The second-order valence-corrected chi connectivity index (χ2v) is 10.7. The van der Waals surface area contributed by atoms with Gasteiger partial charge >= 0.3 is 0 Å². The van der Waals surface area contributed by atoms with Crippen LogP contribution in [0.25, 0.3) is 0 Å². The molecule has 0 spiro atoms. The molecule has 4 rings (SSSR count). The molecule has 1 saturated heterocycles. The van der Waals surface area contributed by atoms with Crippen molar-refractivity contribution in [1.82, 2.24) is 10.6 Å². The van der Waals surface area contributed by atoms with Gasteiger partial charge in [-0.1, -0.05) is 30.3 Å². The molecule has 9 nitrogen and oxygen atoms in total. The number of benzene rings is 3. The van der Waals surface area contributed by atoms with Crippen molar-refractivity contribution in [2.75, 3.05) is 32.2 Å². The summed E-state index contributed by atoms with van der Waals surface area (Å²) in [7, 11) is 3.20. The number of aliphatic hydroxyl groups is 1. The molecule has 1 fully saturated rings. The number of amides is 2. The Balaban J connectivity index is 1.51. The molecule has 0 unspecified atom stereocenters. The Kier molecular flexibility index (Phi) is 10.8. The predicted molar refractivity (Wildman–Crippen MR) is 162 cm³/mol. The van der Waals surface area contributed by atoms with Gasteiger partial charge in [0, 0.05) is 49.4 Å². The number of carbonyl (C=O) groups excluding carboxylic acids is 2. The molecule has 1 aliphatic heterocycles. The number of anilines is 1. The van der Waals surface area contributed by atoms with Crippen molar-refractivity contribution in [3.8, 4) is 17.2 Å². The van der Waals surface area contributed by atoms with Crippen molar-refractivity contribution in [3.63, 3.8) is 0 Å². The van der Waals surface area contributed by atoms with Gasteiger partial charge in [0.1, 0.15) is 17.2 Å². The SMILES string of the molecule is COc1cc(CNC[C@H](O)[C@H](Cc2ccccc2)NC(=O)c2cc(OC(C)C)cc(N3CCCC3=O)c2)cc(OC)c1. The van der Waals surface area contributed by atoms with Crippen LogP contribution in [0.3, 0.4) is 0 Å². The van der Waals surface area contributed by atoms with Crippen LogP contribution in [0.1, 0.15) is 48.2 Å². The molecule has 3 N–H and O–H groups in total. The standard InChI is InChI=1S/C33H41N3O6/c1-22(2)42-29-17-25(16-26(18-29)36-12-8-11-32(36)38)33(39)35-30(15-23-9-6-5-7-10-23)31(37)21-34-20-24-13-27(40-3)19-28(14-24)41-4/h5-7,9-10,13-14,16-19,22,30-31,34,37H,8,11-12,15,20-21H2,1-4H3,(H,35,39)/t30-,31-/m0/s1. The predicted octanol–water partition coefficient (Wildman–Crippen LogP) is 4.11. The molecule has 2 atom stereocenters. The van der Waals surface area contributed by atoms with Crippen molar-refractivity contribution in [2.45, 2.75) is 57.9 Å². The molecule has 0 saturated carbocycles. The van der Waals surface area contributed by atoms with Gasteiger partial charge in [0.15, 0.2) is 0 Å². The fourth-order valence-corrected chi connectivity index (χ4v) is 5.01. The first-order valence-corrected chi connectivity index (χ1v) is 14.3. The van der Waals surface area contributed by atoms with Crippen molar-refractivity contribution in [3.05, 3.63) is 83.4 Å². The van der Waals surface area contributed by atoms with Crippen molar-refractivity contribution in [1.29, 1.82) is 0 Å². The second kappa shape index (κ2) is 14.7. The van der Waals surface area contributed by atoms with Crippen LogP contribution in [-0.4, -0.2) is 62.5 Å². The monoisotopic (exact) mass is 575 g/mol. The van der Waals surface area contributed by atoms with E-state index in [0.29, 0.717) is 54.4 Å². The number of nitrogens with zero attached hydrogens (tertiary/aromatic N) is 1. The Bertz CT molecular complexity index is 1320. The van der Waals surface area contributed by atoms with Crippen LogP contribution in [0.4, 0.5) is 5.69 Å². The zero-order chi connectivity index (χ0) is 30.1. The summed E-state index contributed by atoms with van der Waals surface area (Å²) in [5.74, 6) is 1.55. The Morgan fingerprint density at radius 1 is 0.952 bits per heavy atom. The number of nitrogens with one attached hydrogen (secondary N) is 2. The summed E-state index contributed by atoms with van der Waals surface area (Å²) in [6.45, 7) is 5.13. The van der Waals surface area contributed by atoms with Gasteiger partial charge in [-0.25, -0.2) is 0 Å². The lowest BCUT2D eigenvalue weighted by atomic mass is 10.00. The minimum absolute atomic E-state index is 0.0279. The molecule has 2 amide bonds. The molecular formula is C33H41N3O6. The van der Waals surface area contributed by atoms with Crippen LogP contribution in [-0.2, 0) is 17.8 Å². The van der Waals surface area contributed by atoms with Gasteiger partial charge in [0.25, 0.3) is 5.91 Å². The van der Waals surface area contributed by atoms with E-state index in [0.717, 1.165) is 17.5 Å². The van der Waals surface area contributed by atoms with Gasteiger partial charge < -0.3 is 34.9 Å². The van der Waals surface area contributed by atoms with Crippen LogP contribution >= 0.6 is 0 Å². The average molecular weight is 576 g/mol. The van der Waals surface area contributed by atoms with E-state index in [2.05, 4.69) is 10.6 Å². The third-order valence-corrected chi connectivity index (χ3v) is 7.08. The Labute approximate surface area is 247 Å². The molecule has 42 heavy (non-hydrogen) atoms. The number of ether oxygens (including phenoxy) is 3. The van der Waals surface area contributed by atoms with Gasteiger partial charge in [0.05, 0.1) is 32.5 Å². The molecule has 0 aromatic heterocycles. The molecule has 224 valence electrons. The number of methoxy groups -OCH3 is 2. The summed E-state index contributed by atoms with van der Waals surface area (Å²) in [5, 5.41) is 17.6. The van der Waals surface area contributed by atoms with E-state index in [-0.39, 0.29) is 24.5 Å². The molecule has 0 radical (unpaired) electrons. The third kappa shape index (κ3) is 8.47. The maximum Gasteiger partial charge on any atom is 0.251 e. The summed E-state index contributed by atoms with van der Waals surface area (Å²) in [6, 6.07) is 19.9. The van der Waals surface area contributed by atoms with Crippen LogP contribution in [0.2, 0.25) is 0 Å². The van der Waals surface area contributed by atoms with E-state index in [1.54, 1.807) is 43.4 Å². The summed E-state index contributed by atoms with van der Waals surface area (Å²) in [5.41, 5.74) is 2.92. The first-order chi connectivity index (χ1) is 20.2. The highest BCUT2D eigenvalue weighted by Crippen LogP contribution is 2.29. The van der Waals surface area contributed by atoms with Crippen molar-refractivity contribution < 1.29 is 28.9 Å². The quantitative estimate of drug-likeness (QED) is 0.266. The van der Waals surface area contributed by atoms with E-state index in [4.69, 9.17) is 14.2 Å². The van der Waals surface area contributed by atoms with Crippen LogP contribution in [0, 0.1) is 0 Å². The minimum atomic E-state index is -0.892. The van der Waals surface area contributed by atoms with Crippen LogP contribution < -0.4 is 29.7 Å². The van der Waals surface area contributed by atoms with Gasteiger partial charge in [-0.3, -0.25) is 9.59 Å². The molecule has 3 aromatic rings. The molecule has 0 bridgehead atoms. The fourth-order valence-electron chi connectivity index (χ4n) is 5.01. The van der Waals surface area contributed by atoms with Crippen molar-refractivity contribution in [2.24, 2.45) is 0 Å². The second-order valence-electron chi connectivity index (χ2n) is 10.7. The van der Waals surface area contributed by atoms with Crippen LogP contribution in [0.15, 0.2) is 66.7 Å². The van der Waals surface area contributed by atoms with Crippen LogP contribution in [0.5, 0.6) is 17.2 Å². The number of aliphatic hydroxyl groups excluding tert-OH is 1. The smallest absolute Gasteiger partial charge is 0.251 e. The molecule has 3 aromatic carbocycles. The first kappa shape index (κ1) is 30.9. The first-order valence-electron chi connectivity index (χ1n) is 14.3. The molecular weight excluding hydrogens is 534 g/mol. The highest BCUT2D eigenvalue weighted by molar-refractivity contribution is 5.99. The Hall–Kier alpha value is -4.08. The average Bonchev–Trinajstić information content (AvgIpc) is 3.42.